The van der Waals surface area contributed by atoms with Gasteiger partial charge in [-0.1, -0.05) is 27.7 Å². The number of ether oxygens (including phenoxy) is 1. The highest BCUT2D eigenvalue weighted by molar-refractivity contribution is 4.86. The normalized spacial score (nSPS) is 25.6. The van der Waals surface area contributed by atoms with Crippen molar-refractivity contribution in [2.24, 2.45) is 5.41 Å². The lowest BCUT2D eigenvalue weighted by atomic mass is 9.86. The van der Waals surface area contributed by atoms with Gasteiger partial charge in [0, 0.05) is 0 Å². The van der Waals surface area contributed by atoms with E-state index in [2.05, 4.69) is 27.7 Å². The van der Waals surface area contributed by atoms with Crippen molar-refractivity contribution >= 4 is 0 Å². The molecule has 0 aliphatic carbocycles. The van der Waals surface area contributed by atoms with Crippen LogP contribution in [0.15, 0.2) is 0 Å². The van der Waals surface area contributed by atoms with Crippen molar-refractivity contribution in [1.29, 1.82) is 0 Å². The summed E-state index contributed by atoms with van der Waals surface area (Å²) in [6.07, 6.45) is 1.18. The smallest absolute Gasteiger partial charge is 0.0632 e. The fraction of sp³-hybridized carbons (Fsp3) is 1.00. The second-order valence-electron chi connectivity index (χ2n) is 4.39. The highest BCUT2D eigenvalue weighted by Crippen LogP contribution is 2.37. The highest BCUT2D eigenvalue weighted by Gasteiger charge is 2.37. The summed E-state index contributed by atoms with van der Waals surface area (Å²) in [6.45, 7) is 13.7. The van der Waals surface area contributed by atoms with Crippen LogP contribution in [0.4, 0.5) is 0 Å². The minimum absolute atomic E-state index is 0.128. The van der Waals surface area contributed by atoms with Crippen LogP contribution < -0.4 is 0 Å². The number of hydrogen-bond acceptors (Lipinski definition) is 1. The first-order valence-corrected chi connectivity index (χ1v) is 4.55. The van der Waals surface area contributed by atoms with E-state index in [9.17, 15) is 0 Å². The third kappa shape index (κ3) is 3.76. The van der Waals surface area contributed by atoms with E-state index in [0.29, 0.717) is 5.41 Å². The molecule has 1 nitrogen and oxygen atoms in total. The predicted octanol–water partition coefficient (Wildman–Crippen LogP) is 3.24. The lowest BCUT2D eigenvalue weighted by Crippen LogP contribution is -2.18. The topological polar surface area (TPSA) is 9.23 Å². The van der Waals surface area contributed by atoms with E-state index >= 15 is 0 Å². The Morgan fingerprint density at radius 2 is 1.45 bits per heavy atom. The van der Waals surface area contributed by atoms with Gasteiger partial charge in [0.15, 0.2) is 0 Å². The molecule has 0 atom stereocenters. The summed E-state index contributed by atoms with van der Waals surface area (Å²) in [4.78, 5) is 0. The zero-order valence-corrected chi connectivity index (χ0v) is 8.82. The molecule has 0 bridgehead atoms. The summed E-state index contributed by atoms with van der Waals surface area (Å²) in [5.41, 5.74) is 0.535. The van der Waals surface area contributed by atoms with Gasteiger partial charge >= 0.3 is 0 Å². The lowest BCUT2D eigenvalue weighted by Gasteiger charge is -2.18. The Bertz CT molecular complexity index is 100. The van der Waals surface area contributed by atoms with E-state index in [0.717, 1.165) is 6.61 Å². The van der Waals surface area contributed by atoms with E-state index in [1.165, 1.54) is 6.42 Å². The van der Waals surface area contributed by atoms with Crippen molar-refractivity contribution in [2.75, 3.05) is 6.61 Å². The van der Waals surface area contributed by atoms with Gasteiger partial charge in [-0.05, 0) is 25.7 Å². The molecule has 1 saturated heterocycles. The van der Waals surface area contributed by atoms with Gasteiger partial charge in [-0.3, -0.25) is 0 Å². The Kier molecular flexibility index (Phi) is 3.56. The minimum atomic E-state index is 0.128. The Morgan fingerprint density at radius 3 is 1.55 bits per heavy atom. The molecule has 0 unspecified atom stereocenters. The quantitative estimate of drug-likeness (QED) is 0.526. The van der Waals surface area contributed by atoms with Crippen molar-refractivity contribution < 1.29 is 4.74 Å². The fourth-order valence-corrected chi connectivity index (χ4v) is 1.65. The first-order chi connectivity index (χ1) is 4.91. The Morgan fingerprint density at radius 1 is 1.00 bits per heavy atom. The molecule has 0 spiro atoms. The van der Waals surface area contributed by atoms with Crippen LogP contribution in [-0.4, -0.2) is 12.2 Å². The SMILES string of the molecule is CC.CC1(C)COC(C)(C)C1. The molecule has 0 aromatic carbocycles. The number of rotatable bonds is 0. The maximum atomic E-state index is 5.56. The second kappa shape index (κ2) is 3.57. The molecule has 1 aliphatic heterocycles. The minimum Gasteiger partial charge on any atom is -0.375 e. The summed E-state index contributed by atoms with van der Waals surface area (Å²) >= 11 is 0. The predicted molar refractivity (Wildman–Crippen MR) is 49.8 cm³/mol. The van der Waals surface area contributed by atoms with Crippen molar-refractivity contribution in [3.8, 4) is 0 Å². The molecule has 0 amide bonds. The average Bonchev–Trinajstić information content (AvgIpc) is 2.10. The Hall–Kier alpha value is -0.0400. The molecule has 0 aromatic heterocycles. The van der Waals surface area contributed by atoms with Crippen LogP contribution >= 0.6 is 0 Å². The van der Waals surface area contributed by atoms with Crippen molar-refractivity contribution in [2.45, 2.75) is 53.6 Å². The second-order valence-corrected chi connectivity index (χ2v) is 4.39. The first kappa shape index (κ1) is 11.0. The monoisotopic (exact) mass is 158 g/mol. The molecular formula is C10H22O. The van der Waals surface area contributed by atoms with Crippen LogP contribution in [0.5, 0.6) is 0 Å². The van der Waals surface area contributed by atoms with E-state index in [4.69, 9.17) is 4.74 Å². The Labute approximate surface area is 71.1 Å². The maximum absolute atomic E-state index is 5.56. The summed E-state index contributed by atoms with van der Waals surface area (Å²) in [5.74, 6) is 0. The van der Waals surface area contributed by atoms with Crippen molar-refractivity contribution in [1.82, 2.24) is 0 Å². The van der Waals surface area contributed by atoms with Crippen LogP contribution in [0, 0.1) is 5.41 Å². The third-order valence-electron chi connectivity index (χ3n) is 1.76. The molecule has 0 radical (unpaired) electrons. The molecule has 1 heterocycles. The summed E-state index contributed by atoms with van der Waals surface area (Å²) in [6, 6.07) is 0. The molecule has 1 aliphatic rings. The van der Waals surface area contributed by atoms with Gasteiger partial charge in [-0.25, -0.2) is 0 Å². The van der Waals surface area contributed by atoms with Crippen LogP contribution in [0.3, 0.4) is 0 Å². The van der Waals surface area contributed by atoms with Gasteiger partial charge in [0.2, 0.25) is 0 Å². The summed E-state index contributed by atoms with van der Waals surface area (Å²) < 4.78 is 5.56. The first-order valence-electron chi connectivity index (χ1n) is 4.55. The molecule has 11 heavy (non-hydrogen) atoms. The lowest BCUT2D eigenvalue weighted by molar-refractivity contribution is 0.0326. The molecule has 1 fully saturated rings. The molecule has 1 heteroatoms. The highest BCUT2D eigenvalue weighted by atomic mass is 16.5. The maximum Gasteiger partial charge on any atom is 0.0632 e. The average molecular weight is 158 g/mol. The number of hydrogen-bond donors (Lipinski definition) is 0. The van der Waals surface area contributed by atoms with E-state index in [-0.39, 0.29) is 5.60 Å². The van der Waals surface area contributed by atoms with Gasteiger partial charge in [-0.2, -0.15) is 0 Å². The third-order valence-corrected chi connectivity index (χ3v) is 1.76. The van der Waals surface area contributed by atoms with Crippen LogP contribution in [-0.2, 0) is 4.74 Å². The summed E-state index contributed by atoms with van der Waals surface area (Å²) in [5, 5.41) is 0. The van der Waals surface area contributed by atoms with E-state index < -0.39 is 0 Å². The van der Waals surface area contributed by atoms with Crippen molar-refractivity contribution in [3.63, 3.8) is 0 Å². The fourth-order valence-electron chi connectivity index (χ4n) is 1.65. The van der Waals surface area contributed by atoms with Crippen LogP contribution in [0.1, 0.15) is 48.0 Å². The molecule has 68 valence electrons. The zero-order valence-electron chi connectivity index (χ0n) is 8.82. The molecule has 1 rings (SSSR count). The zero-order chi connectivity index (χ0) is 9.12. The van der Waals surface area contributed by atoms with Gasteiger partial charge in [0.25, 0.3) is 0 Å². The largest absolute Gasteiger partial charge is 0.375 e. The summed E-state index contributed by atoms with van der Waals surface area (Å²) in [7, 11) is 0. The Balaban J connectivity index is 0.000000461. The van der Waals surface area contributed by atoms with Gasteiger partial charge in [0.1, 0.15) is 0 Å². The van der Waals surface area contributed by atoms with Gasteiger partial charge in [-0.15, -0.1) is 0 Å². The van der Waals surface area contributed by atoms with Gasteiger partial charge < -0.3 is 4.74 Å². The van der Waals surface area contributed by atoms with Crippen LogP contribution in [0.25, 0.3) is 0 Å². The molecule has 0 aromatic rings. The molecular weight excluding hydrogens is 136 g/mol. The van der Waals surface area contributed by atoms with Gasteiger partial charge in [0.05, 0.1) is 12.2 Å². The van der Waals surface area contributed by atoms with E-state index in [1.807, 2.05) is 13.8 Å². The molecule has 0 saturated carbocycles. The molecule has 0 N–H and O–H groups in total. The van der Waals surface area contributed by atoms with Crippen molar-refractivity contribution in [3.05, 3.63) is 0 Å². The van der Waals surface area contributed by atoms with Crippen LogP contribution in [0.2, 0.25) is 0 Å². The standard InChI is InChI=1S/C8H16O.C2H6/c1-7(2)5-8(3,4)9-6-7;1-2/h5-6H2,1-4H3;1-2H3. The van der Waals surface area contributed by atoms with E-state index in [1.54, 1.807) is 0 Å².